The minimum Gasteiger partial charge on any atom is -0.393 e. The fraction of sp³-hybridized carbons (Fsp3) is 0.526. The van der Waals surface area contributed by atoms with Gasteiger partial charge in [-0.1, -0.05) is 18.2 Å². The summed E-state index contributed by atoms with van der Waals surface area (Å²) in [5.41, 5.74) is 2.49. The van der Waals surface area contributed by atoms with Gasteiger partial charge in [0.25, 0.3) is 0 Å². The average molecular weight is 328 g/mol. The molecule has 0 bridgehead atoms. The molecule has 1 fully saturated rings. The van der Waals surface area contributed by atoms with Crippen LogP contribution in [-0.4, -0.2) is 41.3 Å². The summed E-state index contributed by atoms with van der Waals surface area (Å²) < 4.78 is 0. The summed E-state index contributed by atoms with van der Waals surface area (Å²) in [6, 6.07) is 8.80. The number of rotatable bonds is 5. The van der Waals surface area contributed by atoms with Crippen molar-refractivity contribution < 1.29 is 5.11 Å². The highest BCUT2D eigenvalue weighted by Gasteiger charge is 2.19. The maximum absolute atomic E-state index is 9.62. The lowest BCUT2D eigenvalue weighted by molar-refractivity contribution is 0.120. The Morgan fingerprint density at radius 3 is 2.83 bits per heavy atom. The van der Waals surface area contributed by atoms with Gasteiger partial charge in [0.2, 0.25) is 0 Å². The first kappa shape index (κ1) is 16.8. The summed E-state index contributed by atoms with van der Waals surface area (Å²) in [7, 11) is 0. The van der Waals surface area contributed by atoms with Crippen LogP contribution in [0, 0.1) is 0 Å². The van der Waals surface area contributed by atoms with Crippen molar-refractivity contribution in [1.29, 1.82) is 0 Å². The first-order valence-corrected chi connectivity index (χ1v) is 9.04. The van der Waals surface area contributed by atoms with Gasteiger partial charge in [-0.05, 0) is 50.7 Å². The van der Waals surface area contributed by atoms with Gasteiger partial charge in [-0.15, -0.1) is 0 Å². The number of hydrogen-bond donors (Lipinski definition) is 4. The Morgan fingerprint density at radius 1 is 1.25 bits per heavy atom. The number of nitrogens with one attached hydrogen (secondary N) is 3. The van der Waals surface area contributed by atoms with Gasteiger partial charge < -0.3 is 20.7 Å². The van der Waals surface area contributed by atoms with Crippen molar-refractivity contribution in [3.63, 3.8) is 0 Å². The first-order chi connectivity index (χ1) is 11.8. The van der Waals surface area contributed by atoms with Gasteiger partial charge in [0, 0.05) is 36.2 Å². The van der Waals surface area contributed by atoms with E-state index in [9.17, 15) is 5.11 Å². The topological polar surface area (TPSA) is 72.4 Å². The third-order valence-corrected chi connectivity index (χ3v) is 4.71. The standard InChI is InChI=1S/C19H28N4O/c1-2-20-19(23-15-7-9-16(24)10-8-15)21-12-11-14-13-22-18-6-4-3-5-17(14)18/h3-6,13,15-16,22,24H,2,7-12H2,1H3,(H2,20,21,23). The van der Waals surface area contributed by atoms with Crippen molar-refractivity contribution in [2.75, 3.05) is 13.1 Å². The molecule has 0 atom stereocenters. The van der Waals surface area contributed by atoms with Gasteiger partial charge in [0.05, 0.1) is 6.10 Å². The minimum absolute atomic E-state index is 0.121. The maximum atomic E-state index is 9.62. The number of hydrogen-bond acceptors (Lipinski definition) is 2. The Balaban J connectivity index is 1.57. The molecule has 0 saturated heterocycles. The zero-order valence-corrected chi connectivity index (χ0v) is 14.4. The van der Waals surface area contributed by atoms with E-state index in [-0.39, 0.29) is 6.10 Å². The van der Waals surface area contributed by atoms with Crippen LogP contribution in [0.25, 0.3) is 10.9 Å². The highest BCUT2D eigenvalue weighted by atomic mass is 16.3. The largest absolute Gasteiger partial charge is 0.393 e. The fourth-order valence-corrected chi connectivity index (χ4v) is 3.36. The first-order valence-electron chi connectivity index (χ1n) is 9.04. The molecule has 0 unspecified atom stereocenters. The molecule has 4 N–H and O–H groups in total. The van der Waals surface area contributed by atoms with E-state index in [0.717, 1.165) is 51.2 Å². The summed E-state index contributed by atoms with van der Waals surface area (Å²) in [6.07, 6.45) is 6.66. The second-order valence-electron chi connectivity index (χ2n) is 6.52. The predicted octanol–water partition coefficient (Wildman–Crippen LogP) is 2.57. The summed E-state index contributed by atoms with van der Waals surface area (Å²) in [6.45, 7) is 3.70. The molecule has 130 valence electrons. The number of fused-ring (bicyclic) bond motifs is 1. The van der Waals surface area contributed by atoms with Crippen molar-refractivity contribution >= 4 is 16.9 Å². The van der Waals surface area contributed by atoms with E-state index in [0.29, 0.717) is 6.04 Å². The number of guanidine groups is 1. The quantitative estimate of drug-likeness (QED) is 0.503. The van der Waals surface area contributed by atoms with Crippen LogP contribution in [-0.2, 0) is 6.42 Å². The van der Waals surface area contributed by atoms with E-state index in [4.69, 9.17) is 4.99 Å². The lowest BCUT2D eigenvalue weighted by atomic mass is 9.93. The third-order valence-electron chi connectivity index (χ3n) is 4.71. The number of aliphatic imine (C=N–C) groups is 1. The fourth-order valence-electron chi connectivity index (χ4n) is 3.36. The molecule has 1 aromatic carbocycles. The number of aliphatic hydroxyl groups is 1. The molecular weight excluding hydrogens is 300 g/mol. The highest BCUT2D eigenvalue weighted by Crippen LogP contribution is 2.19. The minimum atomic E-state index is -0.121. The molecule has 24 heavy (non-hydrogen) atoms. The predicted molar refractivity (Wildman–Crippen MR) is 99.4 cm³/mol. The van der Waals surface area contributed by atoms with Gasteiger partial charge >= 0.3 is 0 Å². The second-order valence-corrected chi connectivity index (χ2v) is 6.52. The van der Waals surface area contributed by atoms with Crippen molar-refractivity contribution in [1.82, 2.24) is 15.6 Å². The highest BCUT2D eigenvalue weighted by molar-refractivity contribution is 5.83. The van der Waals surface area contributed by atoms with Crippen LogP contribution in [0.5, 0.6) is 0 Å². The number of para-hydroxylation sites is 1. The molecule has 1 heterocycles. The molecule has 5 heteroatoms. The van der Waals surface area contributed by atoms with Gasteiger partial charge in [-0.3, -0.25) is 4.99 Å². The molecule has 0 radical (unpaired) electrons. The molecule has 1 saturated carbocycles. The van der Waals surface area contributed by atoms with Gasteiger partial charge in [0.15, 0.2) is 5.96 Å². The van der Waals surface area contributed by atoms with Crippen LogP contribution in [0.1, 0.15) is 38.2 Å². The van der Waals surface area contributed by atoms with E-state index in [2.05, 4.69) is 53.0 Å². The van der Waals surface area contributed by atoms with E-state index >= 15 is 0 Å². The van der Waals surface area contributed by atoms with Crippen LogP contribution < -0.4 is 10.6 Å². The van der Waals surface area contributed by atoms with Crippen LogP contribution in [0.2, 0.25) is 0 Å². The van der Waals surface area contributed by atoms with Crippen LogP contribution in [0.15, 0.2) is 35.5 Å². The lowest BCUT2D eigenvalue weighted by Crippen LogP contribution is -2.45. The SMILES string of the molecule is CCNC(=NCCc1c[nH]c2ccccc12)NC1CCC(O)CC1. The zero-order chi connectivity index (χ0) is 16.8. The second kappa shape index (κ2) is 8.20. The summed E-state index contributed by atoms with van der Waals surface area (Å²) in [4.78, 5) is 8.04. The maximum Gasteiger partial charge on any atom is 0.191 e. The molecule has 1 aromatic heterocycles. The molecule has 2 aromatic rings. The van der Waals surface area contributed by atoms with E-state index in [1.54, 1.807) is 0 Å². The molecule has 5 nitrogen and oxygen atoms in total. The number of nitrogens with zero attached hydrogens (tertiary/aromatic N) is 1. The van der Waals surface area contributed by atoms with Crippen LogP contribution in [0.4, 0.5) is 0 Å². The van der Waals surface area contributed by atoms with Gasteiger partial charge in [0.1, 0.15) is 0 Å². The number of H-pyrrole nitrogens is 1. The van der Waals surface area contributed by atoms with Crippen LogP contribution in [0.3, 0.4) is 0 Å². The smallest absolute Gasteiger partial charge is 0.191 e. The number of benzene rings is 1. The van der Waals surface area contributed by atoms with Gasteiger partial charge in [-0.25, -0.2) is 0 Å². The third kappa shape index (κ3) is 4.29. The normalized spacial score (nSPS) is 21.8. The Labute approximate surface area is 143 Å². The summed E-state index contributed by atoms with van der Waals surface area (Å²) in [5, 5.41) is 17.7. The van der Waals surface area contributed by atoms with E-state index in [1.807, 2.05) is 0 Å². The Hall–Kier alpha value is -2.01. The van der Waals surface area contributed by atoms with Crippen molar-refractivity contribution in [3.8, 4) is 0 Å². The average Bonchev–Trinajstić information content (AvgIpc) is 3.00. The molecule has 0 spiro atoms. The van der Waals surface area contributed by atoms with E-state index in [1.165, 1.54) is 16.5 Å². The molecule has 1 aliphatic rings. The van der Waals surface area contributed by atoms with Gasteiger partial charge in [-0.2, -0.15) is 0 Å². The Morgan fingerprint density at radius 2 is 2.04 bits per heavy atom. The number of aromatic amines is 1. The Bertz CT molecular complexity index is 671. The van der Waals surface area contributed by atoms with Crippen molar-refractivity contribution in [2.45, 2.75) is 51.2 Å². The monoisotopic (exact) mass is 328 g/mol. The van der Waals surface area contributed by atoms with Crippen molar-refractivity contribution in [3.05, 3.63) is 36.0 Å². The molecule has 0 aliphatic heterocycles. The lowest BCUT2D eigenvalue weighted by Gasteiger charge is -2.27. The summed E-state index contributed by atoms with van der Waals surface area (Å²) in [5.74, 6) is 0.888. The number of aliphatic hydroxyl groups excluding tert-OH is 1. The molecule has 1 aliphatic carbocycles. The van der Waals surface area contributed by atoms with Crippen molar-refractivity contribution in [2.24, 2.45) is 4.99 Å². The van der Waals surface area contributed by atoms with E-state index < -0.39 is 0 Å². The Kier molecular flexibility index (Phi) is 5.75. The molecule has 3 rings (SSSR count). The van der Waals surface area contributed by atoms with Crippen LogP contribution >= 0.6 is 0 Å². The summed E-state index contributed by atoms with van der Waals surface area (Å²) >= 11 is 0. The molecule has 0 amide bonds. The zero-order valence-electron chi connectivity index (χ0n) is 14.4. The molecular formula is C19H28N4O. The number of aromatic nitrogens is 1.